The molecule has 11 aromatic rings. The molecule has 1 heterocycles. The van der Waals surface area contributed by atoms with Crippen molar-refractivity contribution in [1.82, 2.24) is 0 Å². The lowest BCUT2D eigenvalue weighted by Crippen LogP contribution is -2.17. The van der Waals surface area contributed by atoms with E-state index in [2.05, 4.69) is 231 Å². The maximum atomic E-state index is 2.52. The zero-order valence-electron chi connectivity index (χ0n) is 34.1. The van der Waals surface area contributed by atoms with Crippen LogP contribution in [-0.2, 0) is 5.41 Å². The van der Waals surface area contributed by atoms with Crippen LogP contribution in [0.3, 0.4) is 0 Å². The zero-order chi connectivity index (χ0) is 40.7. The summed E-state index contributed by atoms with van der Waals surface area (Å²) in [5.41, 5.74) is 15.9. The van der Waals surface area contributed by atoms with Gasteiger partial charge < -0.3 is 4.90 Å². The van der Waals surface area contributed by atoms with E-state index in [1.165, 1.54) is 97.4 Å². The molecule has 288 valence electrons. The minimum absolute atomic E-state index is 0.151. The lowest BCUT2D eigenvalue weighted by molar-refractivity contribution is 0.660. The summed E-state index contributed by atoms with van der Waals surface area (Å²) in [7, 11) is 0. The summed E-state index contributed by atoms with van der Waals surface area (Å²) in [6, 6.07) is 78.8. The van der Waals surface area contributed by atoms with E-state index in [1.54, 1.807) is 0 Å². The monoisotopic (exact) mass is 795 g/mol. The molecule has 0 atom stereocenters. The first-order valence-corrected chi connectivity index (χ1v) is 22.0. The molecule has 0 aliphatic heterocycles. The average Bonchev–Trinajstić information content (AvgIpc) is 3.81. The second kappa shape index (κ2) is 13.9. The van der Waals surface area contributed by atoms with E-state index in [4.69, 9.17) is 0 Å². The molecule has 0 amide bonds. The SMILES string of the molecule is CC1(C)c2ccccc2-c2ccc(N(c3ccc(-c4ccccc4)cc3)c3cccc(-c4cc5ccccc5c5ccccc45)c3-c3cccc4c3sc3ccccc34)cc21. The highest BCUT2D eigenvalue weighted by atomic mass is 32.1. The fourth-order valence-corrected chi connectivity index (χ4v) is 11.4. The van der Waals surface area contributed by atoms with Gasteiger partial charge in [-0.15, -0.1) is 11.3 Å². The summed E-state index contributed by atoms with van der Waals surface area (Å²) in [6.07, 6.45) is 0. The normalized spacial score (nSPS) is 12.9. The molecule has 12 rings (SSSR count). The summed E-state index contributed by atoms with van der Waals surface area (Å²) in [6.45, 7) is 4.75. The molecule has 0 spiro atoms. The van der Waals surface area contributed by atoms with Gasteiger partial charge in [-0.05, 0) is 109 Å². The largest absolute Gasteiger partial charge is 0.310 e. The third kappa shape index (κ3) is 5.60. The lowest BCUT2D eigenvalue weighted by Gasteiger charge is -2.31. The molecular weight excluding hydrogens is 755 g/mol. The summed E-state index contributed by atoms with van der Waals surface area (Å²) >= 11 is 1.90. The quantitative estimate of drug-likeness (QED) is 0.152. The molecule has 1 aliphatic rings. The minimum atomic E-state index is -0.151. The van der Waals surface area contributed by atoms with Gasteiger partial charge in [0.15, 0.2) is 0 Å². The van der Waals surface area contributed by atoms with Crippen LogP contribution >= 0.6 is 11.3 Å². The van der Waals surface area contributed by atoms with Gasteiger partial charge in [0.05, 0.1) is 5.69 Å². The van der Waals surface area contributed by atoms with Gasteiger partial charge in [-0.25, -0.2) is 0 Å². The van der Waals surface area contributed by atoms with Crippen molar-refractivity contribution < 1.29 is 0 Å². The van der Waals surface area contributed by atoms with Crippen LogP contribution in [0.15, 0.2) is 212 Å². The number of fused-ring (bicyclic) bond motifs is 9. The number of hydrogen-bond donors (Lipinski definition) is 0. The summed E-state index contributed by atoms with van der Waals surface area (Å²) < 4.78 is 2.60. The summed E-state index contributed by atoms with van der Waals surface area (Å²) in [5.74, 6) is 0. The predicted octanol–water partition coefficient (Wildman–Crippen LogP) is 17.1. The lowest BCUT2D eigenvalue weighted by atomic mass is 9.82. The van der Waals surface area contributed by atoms with Crippen molar-refractivity contribution in [2.24, 2.45) is 0 Å². The van der Waals surface area contributed by atoms with Gasteiger partial charge in [-0.2, -0.15) is 0 Å². The van der Waals surface area contributed by atoms with Crippen molar-refractivity contribution in [3.05, 3.63) is 223 Å². The molecule has 0 saturated heterocycles. The highest BCUT2D eigenvalue weighted by Gasteiger charge is 2.36. The van der Waals surface area contributed by atoms with Gasteiger partial charge >= 0.3 is 0 Å². The van der Waals surface area contributed by atoms with E-state index in [0.717, 1.165) is 17.1 Å². The first kappa shape index (κ1) is 35.7. The summed E-state index contributed by atoms with van der Waals surface area (Å²) in [5, 5.41) is 7.61. The molecule has 2 heteroatoms. The molecule has 61 heavy (non-hydrogen) atoms. The number of anilines is 3. The van der Waals surface area contributed by atoms with Crippen LogP contribution in [-0.4, -0.2) is 0 Å². The van der Waals surface area contributed by atoms with Gasteiger partial charge in [0.25, 0.3) is 0 Å². The Balaban J connectivity index is 1.18. The number of rotatable bonds is 6. The standard InChI is InChI=1S/C59H41NS/c1-59(2)53-27-12-10-22-46(53)47-35-34-42(37-54(47)59)60(41-32-30-39(31-33-41)38-16-4-3-5-17-38)55-28-15-24-49(52-36-40-18-6-7-19-43(40)44-20-8-9-21-45(44)52)57(55)51-26-14-25-50-48-23-11-13-29-56(48)61-58(50)51/h3-37H,1-2H3. The maximum absolute atomic E-state index is 2.52. The highest BCUT2D eigenvalue weighted by molar-refractivity contribution is 7.26. The first-order chi connectivity index (χ1) is 30.0. The van der Waals surface area contributed by atoms with Crippen molar-refractivity contribution in [3.63, 3.8) is 0 Å². The summed E-state index contributed by atoms with van der Waals surface area (Å²) in [4.78, 5) is 2.52. The number of benzene rings is 10. The van der Waals surface area contributed by atoms with Crippen LogP contribution < -0.4 is 4.90 Å². The van der Waals surface area contributed by atoms with E-state index in [-0.39, 0.29) is 5.41 Å². The molecular formula is C59H41NS. The smallest absolute Gasteiger partial charge is 0.0546 e. The number of thiophene rings is 1. The fourth-order valence-electron chi connectivity index (χ4n) is 10.1. The molecule has 1 nitrogen and oxygen atoms in total. The number of nitrogens with zero attached hydrogens (tertiary/aromatic N) is 1. The van der Waals surface area contributed by atoms with E-state index in [0.29, 0.717) is 0 Å². The molecule has 0 saturated carbocycles. The van der Waals surface area contributed by atoms with Gasteiger partial charge in [-0.3, -0.25) is 0 Å². The molecule has 1 aromatic heterocycles. The van der Waals surface area contributed by atoms with Crippen LogP contribution in [0.1, 0.15) is 25.0 Å². The average molecular weight is 796 g/mol. The second-order valence-electron chi connectivity index (χ2n) is 16.8. The minimum Gasteiger partial charge on any atom is -0.310 e. The van der Waals surface area contributed by atoms with Crippen molar-refractivity contribution in [3.8, 4) is 44.5 Å². The van der Waals surface area contributed by atoms with Crippen molar-refractivity contribution >= 4 is 70.1 Å². The molecule has 0 N–H and O–H groups in total. The van der Waals surface area contributed by atoms with Gasteiger partial charge in [0.1, 0.15) is 0 Å². The molecule has 0 fully saturated rings. The predicted molar refractivity (Wildman–Crippen MR) is 263 cm³/mol. The highest BCUT2D eigenvalue weighted by Crippen LogP contribution is 2.54. The van der Waals surface area contributed by atoms with Gasteiger partial charge in [0, 0.05) is 48.1 Å². The first-order valence-electron chi connectivity index (χ1n) is 21.2. The third-order valence-electron chi connectivity index (χ3n) is 13.1. The molecule has 10 aromatic carbocycles. The van der Waals surface area contributed by atoms with Crippen LogP contribution in [0.2, 0.25) is 0 Å². The Morgan fingerprint density at radius 2 is 0.984 bits per heavy atom. The Morgan fingerprint density at radius 1 is 0.377 bits per heavy atom. The molecule has 0 unspecified atom stereocenters. The fraction of sp³-hybridized carbons (Fsp3) is 0.0508. The van der Waals surface area contributed by atoms with Crippen molar-refractivity contribution in [2.75, 3.05) is 4.90 Å². The van der Waals surface area contributed by atoms with Gasteiger partial charge in [-0.1, -0.05) is 184 Å². The van der Waals surface area contributed by atoms with Crippen molar-refractivity contribution in [1.29, 1.82) is 0 Å². The van der Waals surface area contributed by atoms with Crippen LogP contribution in [0.4, 0.5) is 17.1 Å². The van der Waals surface area contributed by atoms with Crippen LogP contribution in [0, 0.1) is 0 Å². The van der Waals surface area contributed by atoms with Crippen LogP contribution in [0.25, 0.3) is 86.2 Å². The van der Waals surface area contributed by atoms with Gasteiger partial charge in [0.2, 0.25) is 0 Å². The van der Waals surface area contributed by atoms with E-state index >= 15 is 0 Å². The topological polar surface area (TPSA) is 3.24 Å². The molecule has 0 bridgehead atoms. The van der Waals surface area contributed by atoms with Crippen LogP contribution in [0.5, 0.6) is 0 Å². The van der Waals surface area contributed by atoms with E-state index < -0.39 is 0 Å². The Labute approximate surface area is 360 Å². The maximum Gasteiger partial charge on any atom is 0.0546 e. The Morgan fingerprint density at radius 3 is 1.84 bits per heavy atom. The van der Waals surface area contributed by atoms with E-state index in [9.17, 15) is 0 Å². The second-order valence-corrected chi connectivity index (χ2v) is 17.9. The van der Waals surface area contributed by atoms with E-state index in [1.807, 2.05) is 11.3 Å². The zero-order valence-corrected chi connectivity index (χ0v) is 34.9. The number of hydrogen-bond acceptors (Lipinski definition) is 2. The molecule has 1 aliphatic carbocycles. The van der Waals surface area contributed by atoms with Crippen molar-refractivity contribution in [2.45, 2.75) is 19.3 Å². The Kier molecular flexibility index (Phi) is 8.13. The molecule has 0 radical (unpaired) electrons. The Hall–Kier alpha value is -7.26. The third-order valence-corrected chi connectivity index (χ3v) is 14.3. The Bertz CT molecular complexity index is 3500.